The van der Waals surface area contributed by atoms with Crippen LogP contribution in [0.4, 0.5) is 5.69 Å². The van der Waals surface area contributed by atoms with Crippen LogP contribution in [0.1, 0.15) is 18.9 Å². The Morgan fingerprint density at radius 2 is 2.21 bits per heavy atom. The SMILES string of the molecule is CCCc1cc([N+](=O)[O-])cc(Cl)c1O. The van der Waals surface area contributed by atoms with Gasteiger partial charge >= 0.3 is 0 Å². The van der Waals surface area contributed by atoms with Crippen molar-refractivity contribution in [2.24, 2.45) is 0 Å². The van der Waals surface area contributed by atoms with Crippen LogP contribution in [0.3, 0.4) is 0 Å². The Bertz CT molecular complexity index is 365. The molecule has 0 spiro atoms. The van der Waals surface area contributed by atoms with Crippen LogP contribution in [0, 0.1) is 10.1 Å². The molecular formula is C9H10ClNO3. The van der Waals surface area contributed by atoms with E-state index in [9.17, 15) is 15.2 Å². The minimum atomic E-state index is -0.523. The number of hydrogen-bond donors (Lipinski definition) is 1. The van der Waals surface area contributed by atoms with Crippen LogP contribution in [0.5, 0.6) is 5.75 Å². The average Bonchev–Trinajstić information content (AvgIpc) is 2.12. The molecule has 0 heterocycles. The first kappa shape index (κ1) is 10.8. The smallest absolute Gasteiger partial charge is 0.271 e. The number of aromatic hydroxyl groups is 1. The van der Waals surface area contributed by atoms with Gasteiger partial charge in [0.15, 0.2) is 0 Å². The fraction of sp³-hybridized carbons (Fsp3) is 0.333. The van der Waals surface area contributed by atoms with E-state index in [1.165, 1.54) is 6.07 Å². The first-order valence-corrected chi connectivity index (χ1v) is 4.59. The second-order valence-electron chi connectivity index (χ2n) is 2.94. The predicted octanol–water partition coefficient (Wildman–Crippen LogP) is 2.91. The Hall–Kier alpha value is -1.29. The third-order valence-corrected chi connectivity index (χ3v) is 2.15. The molecule has 0 saturated heterocycles. The molecule has 1 aromatic carbocycles. The van der Waals surface area contributed by atoms with Crippen LogP contribution in [-0.4, -0.2) is 10.0 Å². The zero-order valence-electron chi connectivity index (χ0n) is 7.66. The standard InChI is InChI=1S/C9H10ClNO3/c1-2-3-6-4-7(11(13)14)5-8(10)9(6)12/h4-5,12H,2-3H2,1H3. The first-order chi connectivity index (χ1) is 6.56. The minimum Gasteiger partial charge on any atom is -0.506 e. The Morgan fingerprint density at radius 1 is 1.57 bits per heavy atom. The van der Waals surface area contributed by atoms with Gasteiger partial charge < -0.3 is 5.11 Å². The van der Waals surface area contributed by atoms with Gasteiger partial charge in [0.25, 0.3) is 5.69 Å². The molecule has 0 saturated carbocycles. The average molecular weight is 216 g/mol. The van der Waals surface area contributed by atoms with Crippen molar-refractivity contribution in [3.63, 3.8) is 0 Å². The predicted molar refractivity (Wildman–Crippen MR) is 53.8 cm³/mol. The summed E-state index contributed by atoms with van der Waals surface area (Å²) in [5, 5.41) is 20.0. The summed E-state index contributed by atoms with van der Waals surface area (Å²) in [6.07, 6.45) is 1.37. The fourth-order valence-electron chi connectivity index (χ4n) is 1.21. The van der Waals surface area contributed by atoms with E-state index >= 15 is 0 Å². The second kappa shape index (κ2) is 4.28. The molecule has 1 aromatic rings. The molecule has 0 aliphatic carbocycles. The number of phenolic OH excluding ortho intramolecular Hbond substituents is 1. The number of phenols is 1. The van der Waals surface area contributed by atoms with Gasteiger partial charge in [-0.25, -0.2) is 0 Å². The highest BCUT2D eigenvalue weighted by atomic mass is 35.5. The summed E-state index contributed by atoms with van der Waals surface area (Å²) >= 11 is 5.64. The van der Waals surface area contributed by atoms with E-state index in [-0.39, 0.29) is 16.5 Å². The number of nitrogens with zero attached hydrogens (tertiary/aromatic N) is 1. The maximum Gasteiger partial charge on any atom is 0.271 e. The molecule has 0 aliphatic heterocycles. The van der Waals surface area contributed by atoms with Crippen LogP contribution in [0.25, 0.3) is 0 Å². The van der Waals surface area contributed by atoms with E-state index in [2.05, 4.69) is 0 Å². The van der Waals surface area contributed by atoms with Crippen LogP contribution in [0.2, 0.25) is 5.02 Å². The van der Waals surface area contributed by atoms with Gasteiger partial charge in [0.2, 0.25) is 0 Å². The van der Waals surface area contributed by atoms with Gasteiger partial charge in [0.1, 0.15) is 5.75 Å². The summed E-state index contributed by atoms with van der Waals surface area (Å²) in [7, 11) is 0. The van der Waals surface area contributed by atoms with Crippen molar-refractivity contribution >= 4 is 17.3 Å². The third-order valence-electron chi connectivity index (χ3n) is 1.86. The van der Waals surface area contributed by atoms with E-state index in [1.807, 2.05) is 6.92 Å². The topological polar surface area (TPSA) is 63.4 Å². The molecule has 5 heteroatoms. The maximum absolute atomic E-state index is 10.5. The van der Waals surface area contributed by atoms with Crippen molar-refractivity contribution in [2.75, 3.05) is 0 Å². The van der Waals surface area contributed by atoms with Gasteiger partial charge in [-0.05, 0) is 6.42 Å². The highest BCUT2D eigenvalue weighted by Gasteiger charge is 2.13. The summed E-state index contributed by atoms with van der Waals surface area (Å²) in [5.41, 5.74) is 0.433. The van der Waals surface area contributed by atoms with Crippen molar-refractivity contribution in [1.29, 1.82) is 0 Å². The van der Waals surface area contributed by atoms with Crippen molar-refractivity contribution < 1.29 is 10.0 Å². The Kier molecular flexibility index (Phi) is 3.30. The number of non-ortho nitro benzene ring substituents is 1. The largest absolute Gasteiger partial charge is 0.506 e. The molecule has 0 fully saturated rings. The molecule has 1 rings (SSSR count). The highest BCUT2D eigenvalue weighted by Crippen LogP contribution is 2.32. The molecule has 4 nitrogen and oxygen atoms in total. The van der Waals surface area contributed by atoms with Crippen molar-refractivity contribution in [3.8, 4) is 5.75 Å². The van der Waals surface area contributed by atoms with Crippen molar-refractivity contribution in [1.82, 2.24) is 0 Å². The molecule has 0 aliphatic rings. The summed E-state index contributed by atoms with van der Waals surface area (Å²) < 4.78 is 0. The Balaban J connectivity index is 3.20. The Labute approximate surface area is 86.3 Å². The van der Waals surface area contributed by atoms with Crippen LogP contribution >= 0.6 is 11.6 Å². The van der Waals surface area contributed by atoms with Crippen LogP contribution < -0.4 is 0 Å². The van der Waals surface area contributed by atoms with E-state index in [0.29, 0.717) is 12.0 Å². The van der Waals surface area contributed by atoms with Crippen molar-refractivity contribution in [3.05, 3.63) is 32.8 Å². The molecule has 0 amide bonds. The molecule has 1 N–H and O–H groups in total. The minimum absolute atomic E-state index is 0.0302. The zero-order valence-corrected chi connectivity index (χ0v) is 8.41. The summed E-state index contributed by atoms with van der Waals surface area (Å²) in [6.45, 7) is 1.92. The van der Waals surface area contributed by atoms with Gasteiger partial charge in [-0.2, -0.15) is 0 Å². The molecular weight excluding hydrogens is 206 g/mol. The number of hydrogen-bond acceptors (Lipinski definition) is 3. The van der Waals surface area contributed by atoms with Crippen molar-refractivity contribution in [2.45, 2.75) is 19.8 Å². The second-order valence-corrected chi connectivity index (χ2v) is 3.35. The maximum atomic E-state index is 10.5. The van der Waals surface area contributed by atoms with Crippen LogP contribution in [-0.2, 0) is 6.42 Å². The molecule has 76 valence electrons. The summed E-state index contributed by atoms with van der Waals surface area (Å²) in [5.74, 6) is -0.0564. The lowest BCUT2D eigenvalue weighted by Gasteiger charge is -2.04. The number of nitro benzene ring substituents is 1. The number of nitro groups is 1. The molecule has 0 radical (unpaired) electrons. The lowest BCUT2D eigenvalue weighted by atomic mass is 10.1. The lowest BCUT2D eigenvalue weighted by Crippen LogP contribution is -1.92. The van der Waals surface area contributed by atoms with E-state index in [0.717, 1.165) is 12.5 Å². The van der Waals surface area contributed by atoms with Crippen LogP contribution in [0.15, 0.2) is 12.1 Å². The number of benzene rings is 1. The lowest BCUT2D eigenvalue weighted by molar-refractivity contribution is -0.384. The zero-order chi connectivity index (χ0) is 10.7. The first-order valence-electron chi connectivity index (χ1n) is 4.22. The molecule has 0 bridgehead atoms. The summed E-state index contributed by atoms with van der Waals surface area (Å²) in [6, 6.07) is 2.50. The summed E-state index contributed by atoms with van der Waals surface area (Å²) in [4.78, 5) is 9.96. The van der Waals surface area contributed by atoms with E-state index in [1.54, 1.807) is 0 Å². The van der Waals surface area contributed by atoms with Gasteiger partial charge in [0.05, 0.1) is 9.95 Å². The van der Waals surface area contributed by atoms with Gasteiger partial charge in [-0.3, -0.25) is 10.1 Å². The van der Waals surface area contributed by atoms with Gasteiger partial charge in [-0.15, -0.1) is 0 Å². The quantitative estimate of drug-likeness (QED) is 0.623. The third kappa shape index (κ3) is 2.14. The van der Waals surface area contributed by atoms with E-state index in [4.69, 9.17) is 11.6 Å². The Morgan fingerprint density at radius 3 is 2.71 bits per heavy atom. The number of aryl methyl sites for hydroxylation is 1. The molecule has 0 atom stereocenters. The fourth-order valence-corrected chi connectivity index (χ4v) is 1.44. The number of halogens is 1. The van der Waals surface area contributed by atoms with Gasteiger partial charge in [0, 0.05) is 17.7 Å². The molecule has 0 unspecified atom stereocenters. The monoisotopic (exact) mass is 215 g/mol. The normalized spacial score (nSPS) is 10.1. The van der Waals surface area contributed by atoms with Gasteiger partial charge in [-0.1, -0.05) is 24.9 Å². The number of rotatable bonds is 3. The molecule has 14 heavy (non-hydrogen) atoms. The highest BCUT2D eigenvalue weighted by molar-refractivity contribution is 6.32. The molecule has 0 aromatic heterocycles. The van der Waals surface area contributed by atoms with E-state index < -0.39 is 4.92 Å².